The normalized spacial score (nSPS) is 23.5. The van der Waals surface area contributed by atoms with Crippen molar-refractivity contribution >= 4 is 0 Å². The average Bonchev–Trinajstić information content (AvgIpc) is 2.58. The second-order valence-corrected chi connectivity index (χ2v) is 6.96. The number of piperidine rings is 1. The predicted octanol–water partition coefficient (Wildman–Crippen LogP) is 2.85. The monoisotopic (exact) mass is 301 g/mol. The Morgan fingerprint density at radius 1 is 0.864 bits per heavy atom. The molecule has 122 valence electrons. The van der Waals surface area contributed by atoms with Gasteiger partial charge in [0.25, 0.3) is 0 Å². The first kappa shape index (κ1) is 16.0. The van der Waals surface area contributed by atoms with Crippen LogP contribution in [-0.4, -0.2) is 67.6 Å². The zero-order chi connectivity index (χ0) is 15.2. The van der Waals surface area contributed by atoms with Crippen molar-refractivity contribution in [1.29, 1.82) is 0 Å². The summed E-state index contributed by atoms with van der Waals surface area (Å²) in [4.78, 5) is 7.83. The second kappa shape index (κ2) is 8.09. The molecule has 0 amide bonds. The molecule has 2 saturated heterocycles. The van der Waals surface area contributed by atoms with E-state index < -0.39 is 0 Å². The molecule has 1 aromatic rings. The van der Waals surface area contributed by atoms with E-state index in [2.05, 4.69) is 52.1 Å². The van der Waals surface area contributed by atoms with E-state index in [9.17, 15) is 0 Å². The van der Waals surface area contributed by atoms with Gasteiger partial charge in [-0.15, -0.1) is 0 Å². The number of nitrogens with zero attached hydrogens (tertiary/aromatic N) is 3. The summed E-state index contributed by atoms with van der Waals surface area (Å²) in [6.45, 7) is 8.69. The molecule has 3 rings (SSSR count). The largest absolute Gasteiger partial charge is 0.304 e. The molecule has 1 atom stereocenters. The molecule has 0 spiro atoms. The maximum atomic E-state index is 2.71. The van der Waals surface area contributed by atoms with Crippen LogP contribution in [0.25, 0.3) is 0 Å². The lowest BCUT2D eigenvalue weighted by Gasteiger charge is -2.39. The molecule has 1 unspecified atom stereocenters. The van der Waals surface area contributed by atoms with Crippen LogP contribution < -0.4 is 0 Å². The van der Waals surface area contributed by atoms with Gasteiger partial charge >= 0.3 is 0 Å². The fourth-order valence-corrected chi connectivity index (χ4v) is 3.86. The Morgan fingerprint density at radius 3 is 2.23 bits per heavy atom. The first-order chi connectivity index (χ1) is 10.8. The molecule has 3 nitrogen and oxygen atoms in total. The third-order valence-corrected chi connectivity index (χ3v) is 5.33. The Kier molecular flexibility index (Phi) is 5.88. The van der Waals surface area contributed by atoms with Crippen molar-refractivity contribution in [1.82, 2.24) is 14.7 Å². The van der Waals surface area contributed by atoms with Gasteiger partial charge in [-0.3, -0.25) is 4.90 Å². The van der Waals surface area contributed by atoms with Crippen molar-refractivity contribution in [2.45, 2.75) is 31.7 Å². The molecule has 2 aliphatic heterocycles. The maximum absolute atomic E-state index is 2.71. The van der Waals surface area contributed by atoms with Gasteiger partial charge in [-0.1, -0.05) is 36.8 Å². The van der Waals surface area contributed by atoms with Crippen LogP contribution in [-0.2, 0) is 0 Å². The molecule has 0 bridgehead atoms. The van der Waals surface area contributed by atoms with Crippen molar-refractivity contribution in [2.75, 3.05) is 52.9 Å². The van der Waals surface area contributed by atoms with Crippen LogP contribution in [0.5, 0.6) is 0 Å². The van der Waals surface area contributed by atoms with E-state index in [-0.39, 0.29) is 0 Å². The summed E-state index contributed by atoms with van der Waals surface area (Å²) in [6, 6.07) is 11.8. The van der Waals surface area contributed by atoms with Crippen LogP contribution in [0.1, 0.15) is 37.3 Å². The van der Waals surface area contributed by atoms with Gasteiger partial charge in [-0.2, -0.15) is 0 Å². The lowest BCUT2D eigenvalue weighted by Crippen LogP contribution is -2.46. The minimum absolute atomic E-state index is 0.594. The average molecular weight is 301 g/mol. The predicted molar refractivity (Wildman–Crippen MR) is 93.2 cm³/mol. The van der Waals surface area contributed by atoms with Crippen LogP contribution in [0.15, 0.2) is 30.3 Å². The van der Waals surface area contributed by atoms with Gasteiger partial charge in [0.15, 0.2) is 0 Å². The Morgan fingerprint density at radius 2 is 1.55 bits per heavy atom. The summed E-state index contributed by atoms with van der Waals surface area (Å²) >= 11 is 0. The minimum Gasteiger partial charge on any atom is -0.304 e. The van der Waals surface area contributed by atoms with Gasteiger partial charge in [-0.25, -0.2) is 0 Å². The number of likely N-dealkylation sites (N-methyl/N-ethyl adjacent to an activating group) is 1. The highest BCUT2D eigenvalue weighted by Crippen LogP contribution is 2.26. The summed E-state index contributed by atoms with van der Waals surface area (Å²) in [7, 11) is 2.24. The van der Waals surface area contributed by atoms with Crippen molar-refractivity contribution in [3.05, 3.63) is 35.9 Å². The summed E-state index contributed by atoms with van der Waals surface area (Å²) in [5, 5.41) is 0. The van der Waals surface area contributed by atoms with Crippen molar-refractivity contribution < 1.29 is 0 Å². The van der Waals surface area contributed by atoms with E-state index in [1.165, 1.54) is 77.1 Å². The fraction of sp³-hybridized carbons (Fsp3) is 0.684. The van der Waals surface area contributed by atoms with E-state index in [4.69, 9.17) is 0 Å². The molecule has 0 radical (unpaired) electrons. The van der Waals surface area contributed by atoms with Crippen LogP contribution >= 0.6 is 0 Å². The van der Waals surface area contributed by atoms with Gasteiger partial charge in [0.1, 0.15) is 0 Å². The Hall–Kier alpha value is -0.900. The van der Waals surface area contributed by atoms with E-state index >= 15 is 0 Å². The fourth-order valence-electron chi connectivity index (χ4n) is 3.86. The molecule has 0 N–H and O–H groups in total. The van der Waals surface area contributed by atoms with E-state index in [0.717, 1.165) is 0 Å². The third-order valence-electron chi connectivity index (χ3n) is 5.33. The van der Waals surface area contributed by atoms with Crippen molar-refractivity contribution in [2.24, 2.45) is 0 Å². The number of hydrogen-bond acceptors (Lipinski definition) is 3. The molecule has 2 heterocycles. The van der Waals surface area contributed by atoms with Crippen LogP contribution in [0.4, 0.5) is 0 Å². The molecule has 2 aliphatic rings. The van der Waals surface area contributed by atoms with Gasteiger partial charge in [-0.05, 0) is 51.5 Å². The zero-order valence-corrected chi connectivity index (χ0v) is 14.1. The first-order valence-corrected chi connectivity index (χ1v) is 9.03. The first-order valence-electron chi connectivity index (χ1n) is 9.03. The lowest BCUT2D eigenvalue weighted by molar-refractivity contribution is 0.0962. The molecule has 2 fully saturated rings. The van der Waals surface area contributed by atoms with E-state index in [1.807, 2.05) is 0 Å². The third kappa shape index (κ3) is 4.31. The van der Waals surface area contributed by atoms with Gasteiger partial charge in [0, 0.05) is 32.2 Å². The highest BCUT2D eigenvalue weighted by atomic mass is 15.3. The van der Waals surface area contributed by atoms with Gasteiger partial charge in [0.05, 0.1) is 0 Å². The summed E-state index contributed by atoms with van der Waals surface area (Å²) in [6.07, 6.45) is 5.49. The molecule has 0 aromatic heterocycles. The van der Waals surface area contributed by atoms with E-state index in [1.54, 1.807) is 0 Å². The Labute approximate surface area is 135 Å². The highest BCUT2D eigenvalue weighted by Gasteiger charge is 2.24. The molecule has 0 saturated carbocycles. The van der Waals surface area contributed by atoms with Crippen molar-refractivity contribution in [3.63, 3.8) is 0 Å². The second-order valence-electron chi connectivity index (χ2n) is 6.96. The Bertz CT molecular complexity index is 420. The summed E-state index contributed by atoms with van der Waals surface area (Å²) in [5.41, 5.74) is 1.50. The number of hydrogen-bond donors (Lipinski definition) is 0. The van der Waals surface area contributed by atoms with Crippen LogP contribution in [0.2, 0.25) is 0 Å². The van der Waals surface area contributed by atoms with Gasteiger partial charge in [0.2, 0.25) is 0 Å². The SMILES string of the molecule is CN1CCN(C(CCN2CCCCC2)c2ccccc2)CC1. The summed E-state index contributed by atoms with van der Waals surface area (Å²) < 4.78 is 0. The molecule has 0 aliphatic carbocycles. The number of likely N-dealkylation sites (tertiary alicyclic amines) is 1. The van der Waals surface area contributed by atoms with Crippen molar-refractivity contribution in [3.8, 4) is 0 Å². The van der Waals surface area contributed by atoms with Crippen LogP contribution in [0.3, 0.4) is 0 Å². The topological polar surface area (TPSA) is 9.72 Å². The summed E-state index contributed by atoms with van der Waals surface area (Å²) in [5.74, 6) is 0. The quantitative estimate of drug-likeness (QED) is 0.828. The lowest BCUT2D eigenvalue weighted by atomic mass is 10.00. The number of piperazine rings is 1. The minimum atomic E-state index is 0.594. The molecular formula is C19H31N3. The number of benzene rings is 1. The molecule has 1 aromatic carbocycles. The zero-order valence-electron chi connectivity index (χ0n) is 14.1. The maximum Gasteiger partial charge on any atom is 0.0361 e. The Balaban J connectivity index is 1.63. The number of rotatable bonds is 5. The standard InChI is InChI=1S/C19H31N3/c1-20-14-16-22(17-15-20)19(18-8-4-2-5-9-18)10-13-21-11-6-3-7-12-21/h2,4-5,8-9,19H,3,6-7,10-17H2,1H3. The molecular weight excluding hydrogens is 270 g/mol. The molecule has 3 heteroatoms. The smallest absolute Gasteiger partial charge is 0.0361 e. The van der Waals surface area contributed by atoms with E-state index in [0.29, 0.717) is 6.04 Å². The van der Waals surface area contributed by atoms with Gasteiger partial charge < -0.3 is 9.80 Å². The molecule has 22 heavy (non-hydrogen) atoms. The highest BCUT2D eigenvalue weighted by molar-refractivity contribution is 5.19. The van der Waals surface area contributed by atoms with Crippen LogP contribution in [0, 0.1) is 0 Å².